The van der Waals surface area contributed by atoms with Gasteiger partial charge in [0.2, 0.25) is 0 Å². The van der Waals surface area contributed by atoms with Crippen molar-refractivity contribution >= 4 is 27.3 Å². The molecule has 2 rings (SSSR count). The molecule has 1 saturated heterocycles. The summed E-state index contributed by atoms with van der Waals surface area (Å²) < 4.78 is 6.81. The average molecular weight is 276 g/mol. The molecular weight excluding hydrogens is 262 g/mol. The van der Waals surface area contributed by atoms with Gasteiger partial charge in [0.15, 0.2) is 0 Å². The molecule has 0 aromatic carbocycles. The minimum Gasteiger partial charge on any atom is -0.376 e. The number of thiophene rings is 1. The Bertz CT molecular complexity index is 296. The van der Waals surface area contributed by atoms with E-state index in [1.807, 2.05) is 6.07 Å². The summed E-state index contributed by atoms with van der Waals surface area (Å²) in [4.78, 5) is 1.21. The van der Waals surface area contributed by atoms with E-state index in [-0.39, 0.29) is 12.1 Å². The minimum absolute atomic E-state index is 0.0478. The zero-order chi connectivity index (χ0) is 9.97. The highest BCUT2D eigenvalue weighted by Crippen LogP contribution is 2.31. The van der Waals surface area contributed by atoms with Gasteiger partial charge in [-0.25, -0.2) is 0 Å². The Morgan fingerprint density at radius 3 is 2.93 bits per heavy atom. The van der Waals surface area contributed by atoms with E-state index in [0.717, 1.165) is 16.8 Å². The summed E-state index contributed by atoms with van der Waals surface area (Å²) in [5, 5.41) is 0. The van der Waals surface area contributed by atoms with Crippen LogP contribution in [0, 0.1) is 0 Å². The predicted octanol–water partition coefficient (Wildman–Crippen LogP) is 3.08. The monoisotopic (exact) mass is 275 g/mol. The van der Waals surface area contributed by atoms with E-state index in [9.17, 15) is 0 Å². The van der Waals surface area contributed by atoms with E-state index in [0.29, 0.717) is 0 Å². The van der Waals surface area contributed by atoms with E-state index in [1.165, 1.54) is 17.7 Å². The van der Waals surface area contributed by atoms with Crippen LogP contribution in [-0.4, -0.2) is 12.7 Å². The third-order valence-corrected chi connectivity index (χ3v) is 4.26. The molecule has 1 aliphatic rings. The van der Waals surface area contributed by atoms with Crippen LogP contribution in [0.5, 0.6) is 0 Å². The lowest BCUT2D eigenvalue weighted by Crippen LogP contribution is -2.31. The van der Waals surface area contributed by atoms with Gasteiger partial charge in [0.05, 0.1) is 15.9 Å². The first kappa shape index (κ1) is 10.6. The first-order valence-electron chi connectivity index (χ1n) is 4.90. The summed E-state index contributed by atoms with van der Waals surface area (Å²) in [5.74, 6) is 0. The second-order valence-corrected chi connectivity index (χ2v) is 6.07. The van der Waals surface area contributed by atoms with E-state index < -0.39 is 0 Å². The number of rotatable bonds is 2. The summed E-state index contributed by atoms with van der Waals surface area (Å²) >= 11 is 5.15. The van der Waals surface area contributed by atoms with Crippen molar-refractivity contribution in [2.24, 2.45) is 5.73 Å². The number of halogens is 1. The average Bonchev–Trinajstić information content (AvgIpc) is 2.65. The zero-order valence-corrected chi connectivity index (χ0v) is 10.3. The third kappa shape index (κ3) is 2.37. The Morgan fingerprint density at radius 2 is 2.36 bits per heavy atom. The fourth-order valence-electron chi connectivity index (χ4n) is 1.74. The predicted molar refractivity (Wildman–Crippen MR) is 62.5 cm³/mol. The molecule has 2 heterocycles. The van der Waals surface area contributed by atoms with Crippen molar-refractivity contribution in [3.8, 4) is 0 Å². The van der Waals surface area contributed by atoms with Gasteiger partial charge in [-0.3, -0.25) is 0 Å². The molecule has 1 aromatic rings. The van der Waals surface area contributed by atoms with Crippen molar-refractivity contribution in [1.82, 2.24) is 0 Å². The van der Waals surface area contributed by atoms with Crippen molar-refractivity contribution in [3.63, 3.8) is 0 Å². The second kappa shape index (κ2) is 4.75. The molecule has 78 valence electrons. The van der Waals surface area contributed by atoms with Gasteiger partial charge in [0.25, 0.3) is 0 Å². The van der Waals surface area contributed by atoms with Crippen LogP contribution >= 0.6 is 27.3 Å². The van der Waals surface area contributed by atoms with Gasteiger partial charge in [-0.05, 0) is 47.3 Å². The lowest BCUT2D eigenvalue weighted by atomic mass is 10.0. The summed E-state index contributed by atoms with van der Waals surface area (Å²) in [6.07, 6.45) is 3.73. The summed E-state index contributed by atoms with van der Waals surface area (Å²) in [5.41, 5.74) is 6.15. The summed E-state index contributed by atoms with van der Waals surface area (Å²) in [6, 6.07) is 4.17. The van der Waals surface area contributed by atoms with Crippen LogP contribution < -0.4 is 5.73 Å². The van der Waals surface area contributed by atoms with Crippen molar-refractivity contribution in [2.75, 3.05) is 6.61 Å². The van der Waals surface area contributed by atoms with Gasteiger partial charge in [0, 0.05) is 11.5 Å². The normalized spacial score (nSPS) is 24.9. The minimum atomic E-state index is 0.0478. The molecule has 4 heteroatoms. The van der Waals surface area contributed by atoms with Crippen LogP contribution in [0.2, 0.25) is 0 Å². The van der Waals surface area contributed by atoms with Gasteiger partial charge in [0.1, 0.15) is 0 Å². The Kier molecular flexibility index (Phi) is 3.60. The molecule has 2 atom stereocenters. The number of ether oxygens (including phenoxy) is 1. The number of nitrogens with two attached hydrogens (primary N) is 1. The van der Waals surface area contributed by atoms with Crippen LogP contribution in [-0.2, 0) is 4.74 Å². The summed E-state index contributed by atoms with van der Waals surface area (Å²) in [7, 11) is 0. The van der Waals surface area contributed by atoms with Crippen LogP contribution in [0.3, 0.4) is 0 Å². The first-order valence-corrected chi connectivity index (χ1v) is 6.51. The Morgan fingerprint density at radius 1 is 1.50 bits per heavy atom. The molecule has 0 spiro atoms. The van der Waals surface area contributed by atoms with E-state index in [1.54, 1.807) is 11.3 Å². The first-order chi connectivity index (χ1) is 6.77. The Hall–Kier alpha value is 0.1000. The molecule has 0 saturated carbocycles. The van der Waals surface area contributed by atoms with Crippen LogP contribution in [0.1, 0.15) is 30.2 Å². The van der Waals surface area contributed by atoms with E-state index in [2.05, 4.69) is 22.0 Å². The van der Waals surface area contributed by atoms with Gasteiger partial charge < -0.3 is 10.5 Å². The fourth-order valence-corrected chi connectivity index (χ4v) is 3.22. The van der Waals surface area contributed by atoms with Crippen molar-refractivity contribution in [3.05, 3.63) is 20.8 Å². The van der Waals surface area contributed by atoms with E-state index >= 15 is 0 Å². The molecule has 14 heavy (non-hydrogen) atoms. The molecule has 0 aliphatic carbocycles. The van der Waals surface area contributed by atoms with Gasteiger partial charge in [-0.15, -0.1) is 11.3 Å². The van der Waals surface area contributed by atoms with E-state index in [4.69, 9.17) is 10.5 Å². The Labute approximate surface area is 96.6 Å². The van der Waals surface area contributed by atoms with Gasteiger partial charge >= 0.3 is 0 Å². The molecular formula is C10H14BrNOS. The molecule has 0 amide bonds. The molecule has 1 aromatic heterocycles. The topological polar surface area (TPSA) is 35.2 Å². The largest absolute Gasteiger partial charge is 0.376 e. The van der Waals surface area contributed by atoms with Crippen molar-refractivity contribution in [2.45, 2.75) is 31.4 Å². The molecule has 0 radical (unpaired) electrons. The second-order valence-electron chi connectivity index (χ2n) is 3.57. The standard InChI is InChI=1S/C10H14BrNOS/c11-9-5-4-8(14-9)10(12)7-3-1-2-6-13-7/h4-5,7,10H,1-3,6,12H2. The highest BCUT2D eigenvalue weighted by atomic mass is 79.9. The Balaban J connectivity index is 2.03. The summed E-state index contributed by atoms with van der Waals surface area (Å²) in [6.45, 7) is 0.866. The highest BCUT2D eigenvalue weighted by molar-refractivity contribution is 9.11. The van der Waals surface area contributed by atoms with Crippen LogP contribution in [0.4, 0.5) is 0 Å². The lowest BCUT2D eigenvalue weighted by Gasteiger charge is -2.27. The molecule has 0 bridgehead atoms. The number of hydrogen-bond donors (Lipinski definition) is 1. The van der Waals surface area contributed by atoms with Gasteiger partial charge in [-0.1, -0.05) is 0 Å². The number of hydrogen-bond acceptors (Lipinski definition) is 3. The van der Waals surface area contributed by atoms with Gasteiger partial charge in [-0.2, -0.15) is 0 Å². The van der Waals surface area contributed by atoms with Crippen LogP contribution in [0.25, 0.3) is 0 Å². The van der Waals surface area contributed by atoms with Crippen molar-refractivity contribution in [1.29, 1.82) is 0 Å². The smallest absolute Gasteiger partial charge is 0.0775 e. The van der Waals surface area contributed by atoms with Crippen molar-refractivity contribution < 1.29 is 4.74 Å². The molecule has 1 fully saturated rings. The third-order valence-electron chi connectivity index (χ3n) is 2.54. The maximum atomic E-state index is 6.15. The fraction of sp³-hybridized carbons (Fsp3) is 0.600. The SMILES string of the molecule is NC(c1ccc(Br)s1)C1CCCCO1. The lowest BCUT2D eigenvalue weighted by molar-refractivity contribution is 0.000669. The highest BCUT2D eigenvalue weighted by Gasteiger charge is 2.23. The van der Waals surface area contributed by atoms with Crippen LogP contribution in [0.15, 0.2) is 15.9 Å². The molecule has 2 unspecified atom stereocenters. The zero-order valence-electron chi connectivity index (χ0n) is 7.91. The maximum Gasteiger partial charge on any atom is 0.0775 e. The molecule has 2 N–H and O–H groups in total. The maximum absolute atomic E-state index is 6.15. The molecule has 1 aliphatic heterocycles. The molecule has 2 nitrogen and oxygen atoms in total. The quantitative estimate of drug-likeness (QED) is 0.901.